The molecule has 27 heavy (non-hydrogen) atoms. The van der Waals surface area contributed by atoms with Gasteiger partial charge in [0, 0.05) is 5.92 Å². The molecule has 3 rings (SSSR count). The summed E-state index contributed by atoms with van der Waals surface area (Å²) >= 11 is 1.40. The molecule has 1 fully saturated rings. The smallest absolute Gasteiger partial charge is 0.338 e. The minimum Gasteiger partial charge on any atom is -0.462 e. The molecule has 0 radical (unpaired) electrons. The molecule has 0 bridgehead atoms. The molecule has 1 saturated carbocycles. The van der Waals surface area contributed by atoms with E-state index in [4.69, 9.17) is 4.74 Å². The number of thiazole rings is 1. The predicted octanol–water partition coefficient (Wildman–Crippen LogP) is 5.41. The summed E-state index contributed by atoms with van der Waals surface area (Å²) in [6, 6.07) is 5.29. The van der Waals surface area contributed by atoms with Gasteiger partial charge in [-0.05, 0) is 56.7 Å². The van der Waals surface area contributed by atoms with E-state index >= 15 is 0 Å². The molecule has 146 valence electrons. The van der Waals surface area contributed by atoms with Crippen LogP contribution in [0.15, 0.2) is 18.2 Å². The van der Waals surface area contributed by atoms with Crippen molar-refractivity contribution >= 4 is 38.6 Å². The number of aromatic nitrogens is 1. The van der Waals surface area contributed by atoms with Crippen molar-refractivity contribution in [2.45, 2.75) is 58.8 Å². The largest absolute Gasteiger partial charge is 0.462 e. The first kappa shape index (κ1) is 19.8. The van der Waals surface area contributed by atoms with Crippen molar-refractivity contribution in [3.05, 3.63) is 23.8 Å². The van der Waals surface area contributed by atoms with Crippen molar-refractivity contribution in [1.82, 2.24) is 4.98 Å². The van der Waals surface area contributed by atoms with Crippen molar-refractivity contribution in [2.24, 2.45) is 11.8 Å². The Labute approximate surface area is 164 Å². The zero-order valence-electron chi connectivity index (χ0n) is 16.1. The molecule has 1 aliphatic carbocycles. The number of benzene rings is 1. The Morgan fingerprint density at radius 1 is 1.22 bits per heavy atom. The van der Waals surface area contributed by atoms with Crippen LogP contribution in [-0.4, -0.2) is 23.5 Å². The summed E-state index contributed by atoms with van der Waals surface area (Å²) in [6.07, 6.45) is 8.08. The minimum absolute atomic E-state index is 0.0774. The second-order valence-corrected chi connectivity index (χ2v) is 8.30. The number of nitrogens with zero attached hydrogens (tertiary/aromatic N) is 1. The molecule has 1 amide bonds. The number of hydrogen-bond donors (Lipinski definition) is 1. The number of carbonyl (C=O) groups excluding carboxylic acids is 2. The molecule has 0 aliphatic heterocycles. The number of carbonyl (C=O) groups is 2. The Balaban J connectivity index is 1.59. The highest BCUT2D eigenvalue weighted by atomic mass is 32.1. The number of nitrogens with one attached hydrogen (secondary N) is 1. The molecule has 0 atom stereocenters. The molecule has 6 heteroatoms. The maximum atomic E-state index is 12.6. The van der Waals surface area contributed by atoms with E-state index in [0.717, 1.165) is 41.8 Å². The van der Waals surface area contributed by atoms with Gasteiger partial charge in [-0.3, -0.25) is 4.79 Å². The van der Waals surface area contributed by atoms with Crippen molar-refractivity contribution in [2.75, 3.05) is 11.9 Å². The number of fused-ring (bicyclic) bond motifs is 1. The van der Waals surface area contributed by atoms with Crippen LogP contribution in [0.5, 0.6) is 0 Å². The Bertz CT molecular complexity index is 794. The van der Waals surface area contributed by atoms with E-state index in [1.165, 1.54) is 30.6 Å². The Morgan fingerprint density at radius 3 is 2.70 bits per heavy atom. The fourth-order valence-electron chi connectivity index (χ4n) is 3.73. The quantitative estimate of drug-likeness (QED) is 0.644. The van der Waals surface area contributed by atoms with Gasteiger partial charge in [0.25, 0.3) is 0 Å². The molecule has 1 aliphatic rings. The van der Waals surface area contributed by atoms with Gasteiger partial charge in [0.05, 0.1) is 22.4 Å². The van der Waals surface area contributed by atoms with Gasteiger partial charge in [-0.25, -0.2) is 9.78 Å². The average Bonchev–Trinajstić information content (AvgIpc) is 3.08. The third-order valence-electron chi connectivity index (χ3n) is 5.31. The summed E-state index contributed by atoms with van der Waals surface area (Å²) in [7, 11) is 0. The van der Waals surface area contributed by atoms with Crippen LogP contribution < -0.4 is 5.32 Å². The van der Waals surface area contributed by atoms with Crippen LogP contribution in [0, 0.1) is 11.8 Å². The number of ether oxygens (including phenoxy) is 1. The molecular weight excluding hydrogens is 360 g/mol. The Hall–Kier alpha value is -1.95. The van der Waals surface area contributed by atoms with Gasteiger partial charge in [-0.2, -0.15) is 0 Å². The summed E-state index contributed by atoms with van der Waals surface area (Å²) in [5.41, 5.74) is 1.29. The summed E-state index contributed by atoms with van der Waals surface area (Å²) in [5, 5.41) is 3.59. The van der Waals surface area contributed by atoms with Crippen LogP contribution in [0.3, 0.4) is 0 Å². The van der Waals surface area contributed by atoms with Crippen LogP contribution in [0.4, 0.5) is 5.13 Å². The first-order valence-corrected chi connectivity index (χ1v) is 10.8. The number of hydrogen-bond acceptors (Lipinski definition) is 5. The SMILES string of the molecule is CCCCC1CCC(C(=O)Nc2nc3ccc(C(=O)OCC)cc3s2)CC1. The monoisotopic (exact) mass is 388 g/mol. The topological polar surface area (TPSA) is 68.3 Å². The van der Waals surface area contributed by atoms with E-state index in [9.17, 15) is 9.59 Å². The lowest BCUT2D eigenvalue weighted by molar-refractivity contribution is -0.121. The molecule has 2 aromatic rings. The highest BCUT2D eigenvalue weighted by molar-refractivity contribution is 7.22. The third kappa shape index (κ3) is 5.06. The van der Waals surface area contributed by atoms with Gasteiger partial charge >= 0.3 is 5.97 Å². The normalized spacial score (nSPS) is 19.8. The van der Waals surface area contributed by atoms with E-state index in [2.05, 4.69) is 17.2 Å². The van der Waals surface area contributed by atoms with Crippen molar-refractivity contribution in [1.29, 1.82) is 0 Å². The second-order valence-electron chi connectivity index (χ2n) is 7.27. The van der Waals surface area contributed by atoms with Gasteiger partial charge in [0.15, 0.2) is 5.13 Å². The van der Waals surface area contributed by atoms with E-state index < -0.39 is 0 Å². The van der Waals surface area contributed by atoms with E-state index in [0.29, 0.717) is 17.3 Å². The fraction of sp³-hybridized carbons (Fsp3) is 0.571. The number of esters is 1. The molecule has 1 heterocycles. The van der Waals surface area contributed by atoms with Crippen LogP contribution >= 0.6 is 11.3 Å². The summed E-state index contributed by atoms with van der Waals surface area (Å²) < 4.78 is 5.91. The van der Waals surface area contributed by atoms with E-state index in [1.54, 1.807) is 25.1 Å². The lowest BCUT2D eigenvalue weighted by atomic mass is 9.79. The van der Waals surface area contributed by atoms with Crippen LogP contribution in [0.2, 0.25) is 0 Å². The van der Waals surface area contributed by atoms with Gasteiger partial charge in [0.2, 0.25) is 5.91 Å². The van der Waals surface area contributed by atoms with Gasteiger partial charge in [0.1, 0.15) is 0 Å². The van der Waals surface area contributed by atoms with Gasteiger partial charge < -0.3 is 10.1 Å². The number of anilines is 1. The van der Waals surface area contributed by atoms with Crippen molar-refractivity contribution in [3.63, 3.8) is 0 Å². The van der Waals surface area contributed by atoms with Gasteiger partial charge in [-0.15, -0.1) is 0 Å². The highest BCUT2D eigenvalue weighted by Gasteiger charge is 2.26. The van der Waals surface area contributed by atoms with Crippen molar-refractivity contribution < 1.29 is 14.3 Å². The molecule has 1 aromatic heterocycles. The average molecular weight is 389 g/mol. The number of rotatable bonds is 7. The fourth-order valence-corrected chi connectivity index (χ4v) is 4.64. The first-order valence-electron chi connectivity index (χ1n) is 9.99. The van der Waals surface area contributed by atoms with E-state index in [-0.39, 0.29) is 17.8 Å². The number of unbranched alkanes of at least 4 members (excludes halogenated alkanes) is 1. The van der Waals surface area contributed by atoms with Crippen LogP contribution in [0.1, 0.15) is 69.2 Å². The van der Waals surface area contributed by atoms with Crippen molar-refractivity contribution in [3.8, 4) is 0 Å². The highest BCUT2D eigenvalue weighted by Crippen LogP contribution is 2.33. The molecule has 0 saturated heterocycles. The third-order valence-corrected chi connectivity index (χ3v) is 6.25. The summed E-state index contributed by atoms with van der Waals surface area (Å²) in [4.78, 5) is 29.0. The van der Waals surface area contributed by atoms with Crippen LogP contribution in [0.25, 0.3) is 10.2 Å². The minimum atomic E-state index is -0.335. The first-order chi connectivity index (χ1) is 13.1. The molecule has 1 aromatic carbocycles. The molecular formula is C21H28N2O3S. The summed E-state index contributed by atoms with van der Waals surface area (Å²) in [6.45, 7) is 4.36. The standard InChI is InChI=1S/C21H28N2O3S/c1-3-5-6-14-7-9-15(10-8-14)19(24)23-21-22-17-12-11-16(13-18(17)27-21)20(25)26-4-2/h11-15H,3-10H2,1-2H3,(H,22,23,24). The predicted molar refractivity (Wildman–Crippen MR) is 109 cm³/mol. The molecule has 0 spiro atoms. The lowest BCUT2D eigenvalue weighted by Gasteiger charge is -2.27. The lowest BCUT2D eigenvalue weighted by Crippen LogP contribution is -2.27. The maximum absolute atomic E-state index is 12.6. The van der Waals surface area contributed by atoms with Crippen LogP contribution in [-0.2, 0) is 9.53 Å². The van der Waals surface area contributed by atoms with Gasteiger partial charge in [-0.1, -0.05) is 37.5 Å². The second kappa shape index (κ2) is 9.31. The Morgan fingerprint density at radius 2 is 2.00 bits per heavy atom. The summed E-state index contributed by atoms with van der Waals surface area (Å²) in [5.74, 6) is 0.620. The Kier molecular flexibility index (Phi) is 6.83. The number of amides is 1. The zero-order valence-corrected chi connectivity index (χ0v) is 16.9. The maximum Gasteiger partial charge on any atom is 0.338 e. The molecule has 5 nitrogen and oxygen atoms in total. The van der Waals surface area contributed by atoms with E-state index in [1.807, 2.05) is 0 Å². The zero-order chi connectivity index (χ0) is 19.2. The molecule has 0 unspecified atom stereocenters. The molecule has 1 N–H and O–H groups in total.